The van der Waals surface area contributed by atoms with Gasteiger partial charge in [0.2, 0.25) is 0 Å². The van der Waals surface area contributed by atoms with E-state index < -0.39 is 0 Å². The third kappa shape index (κ3) is 2.72. The first-order chi connectivity index (χ1) is 9.06. The van der Waals surface area contributed by atoms with Crippen LogP contribution in [0.4, 0.5) is 5.82 Å². The summed E-state index contributed by atoms with van der Waals surface area (Å²) in [7, 11) is 0. The van der Waals surface area contributed by atoms with E-state index in [-0.39, 0.29) is 0 Å². The highest BCUT2D eigenvalue weighted by molar-refractivity contribution is 5.53. The standard InChI is InChI=1S/C15H24N4/c1-5-7-10(3)8-12-13(6-2)17-14-9-11(4)18-19(14)15(12)16/h9-10H,5-8,16H2,1-4H3. The molecule has 2 aromatic rings. The molecule has 2 rings (SSSR count). The first-order valence-corrected chi connectivity index (χ1v) is 7.20. The van der Waals surface area contributed by atoms with Crippen molar-refractivity contribution in [3.8, 4) is 0 Å². The van der Waals surface area contributed by atoms with Gasteiger partial charge in [0.25, 0.3) is 0 Å². The molecule has 2 heterocycles. The molecule has 0 saturated carbocycles. The molecule has 0 saturated heterocycles. The molecule has 0 radical (unpaired) electrons. The maximum Gasteiger partial charge on any atom is 0.157 e. The largest absolute Gasteiger partial charge is 0.383 e. The van der Waals surface area contributed by atoms with Crippen LogP contribution in [0.2, 0.25) is 0 Å². The lowest BCUT2D eigenvalue weighted by Gasteiger charge is -2.16. The molecule has 0 bridgehead atoms. The van der Waals surface area contributed by atoms with Crippen molar-refractivity contribution in [3.05, 3.63) is 23.0 Å². The van der Waals surface area contributed by atoms with Crippen LogP contribution in [0.25, 0.3) is 5.65 Å². The summed E-state index contributed by atoms with van der Waals surface area (Å²) in [6.07, 6.45) is 4.33. The topological polar surface area (TPSA) is 56.2 Å². The Morgan fingerprint density at radius 1 is 1.37 bits per heavy atom. The molecule has 1 unspecified atom stereocenters. The minimum atomic E-state index is 0.633. The normalized spacial score (nSPS) is 13.1. The Morgan fingerprint density at radius 2 is 2.11 bits per heavy atom. The second-order valence-corrected chi connectivity index (χ2v) is 5.43. The van der Waals surface area contributed by atoms with E-state index in [1.54, 1.807) is 4.52 Å². The number of hydrogen-bond acceptors (Lipinski definition) is 3. The van der Waals surface area contributed by atoms with Gasteiger partial charge in [-0.2, -0.15) is 9.61 Å². The lowest BCUT2D eigenvalue weighted by atomic mass is 9.95. The van der Waals surface area contributed by atoms with Crippen LogP contribution in [0.3, 0.4) is 0 Å². The molecular weight excluding hydrogens is 236 g/mol. The predicted molar refractivity (Wildman–Crippen MR) is 79.3 cm³/mol. The highest BCUT2D eigenvalue weighted by Gasteiger charge is 2.15. The maximum atomic E-state index is 6.31. The van der Waals surface area contributed by atoms with E-state index in [9.17, 15) is 0 Å². The average molecular weight is 260 g/mol. The number of aryl methyl sites for hydroxylation is 2. The van der Waals surface area contributed by atoms with Gasteiger partial charge in [-0.05, 0) is 25.7 Å². The summed E-state index contributed by atoms with van der Waals surface area (Å²) >= 11 is 0. The number of fused-ring (bicyclic) bond motifs is 1. The van der Waals surface area contributed by atoms with Crippen molar-refractivity contribution < 1.29 is 0 Å². The van der Waals surface area contributed by atoms with E-state index in [1.807, 2.05) is 13.0 Å². The van der Waals surface area contributed by atoms with E-state index in [2.05, 4.69) is 25.9 Å². The Labute approximate surface area is 115 Å². The van der Waals surface area contributed by atoms with Crippen LogP contribution in [-0.2, 0) is 12.8 Å². The first kappa shape index (κ1) is 13.8. The van der Waals surface area contributed by atoms with E-state index in [1.165, 1.54) is 18.4 Å². The van der Waals surface area contributed by atoms with Gasteiger partial charge < -0.3 is 5.73 Å². The molecule has 0 spiro atoms. The van der Waals surface area contributed by atoms with Crippen molar-refractivity contribution in [2.75, 3.05) is 5.73 Å². The van der Waals surface area contributed by atoms with Crippen molar-refractivity contribution in [2.45, 2.75) is 53.4 Å². The summed E-state index contributed by atoms with van der Waals surface area (Å²) in [4.78, 5) is 4.71. The average Bonchev–Trinajstić information content (AvgIpc) is 2.74. The van der Waals surface area contributed by atoms with Gasteiger partial charge in [0.05, 0.1) is 5.69 Å². The smallest absolute Gasteiger partial charge is 0.157 e. The fourth-order valence-electron chi connectivity index (χ4n) is 2.68. The van der Waals surface area contributed by atoms with E-state index >= 15 is 0 Å². The first-order valence-electron chi connectivity index (χ1n) is 7.20. The highest BCUT2D eigenvalue weighted by Crippen LogP contribution is 2.23. The number of anilines is 1. The molecule has 0 aliphatic heterocycles. The van der Waals surface area contributed by atoms with Crippen LogP contribution in [0, 0.1) is 12.8 Å². The molecule has 104 valence electrons. The Kier molecular flexibility index (Phi) is 4.08. The van der Waals surface area contributed by atoms with Crippen molar-refractivity contribution in [1.29, 1.82) is 0 Å². The number of hydrogen-bond donors (Lipinski definition) is 1. The van der Waals surface area contributed by atoms with Gasteiger partial charge in [-0.25, -0.2) is 4.98 Å². The Morgan fingerprint density at radius 3 is 2.74 bits per heavy atom. The number of nitrogens with zero attached hydrogens (tertiary/aromatic N) is 3. The molecular formula is C15H24N4. The molecule has 1 atom stereocenters. The minimum absolute atomic E-state index is 0.633. The molecule has 0 aliphatic carbocycles. The van der Waals surface area contributed by atoms with Crippen molar-refractivity contribution in [1.82, 2.24) is 14.6 Å². The molecule has 4 heteroatoms. The van der Waals surface area contributed by atoms with Crippen molar-refractivity contribution in [2.24, 2.45) is 5.92 Å². The zero-order valence-corrected chi connectivity index (χ0v) is 12.4. The molecule has 19 heavy (non-hydrogen) atoms. The molecule has 0 aromatic carbocycles. The highest BCUT2D eigenvalue weighted by atomic mass is 15.3. The lowest BCUT2D eigenvalue weighted by molar-refractivity contribution is 0.519. The predicted octanol–water partition coefficient (Wildman–Crippen LogP) is 3.16. The van der Waals surface area contributed by atoms with Gasteiger partial charge in [0, 0.05) is 17.3 Å². The summed E-state index contributed by atoms with van der Waals surface area (Å²) in [5.41, 5.74) is 10.4. The second kappa shape index (κ2) is 5.59. The Hall–Kier alpha value is -1.58. The Balaban J connectivity index is 2.48. The Bertz CT molecular complexity index is 571. The van der Waals surface area contributed by atoms with Gasteiger partial charge in [-0.15, -0.1) is 0 Å². The lowest BCUT2D eigenvalue weighted by Crippen LogP contribution is -2.12. The van der Waals surface area contributed by atoms with Crippen LogP contribution in [-0.4, -0.2) is 14.6 Å². The van der Waals surface area contributed by atoms with Gasteiger partial charge in [0.15, 0.2) is 5.65 Å². The summed E-state index contributed by atoms with van der Waals surface area (Å²) in [6, 6.07) is 1.98. The monoisotopic (exact) mass is 260 g/mol. The van der Waals surface area contributed by atoms with E-state index in [0.29, 0.717) is 5.92 Å². The maximum absolute atomic E-state index is 6.31. The molecule has 0 aliphatic rings. The number of rotatable bonds is 5. The van der Waals surface area contributed by atoms with Gasteiger partial charge in [-0.1, -0.05) is 33.6 Å². The number of aromatic nitrogens is 3. The quantitative estimate of drug-likeness (QED) is 0.898. The van der Waals surface area contributed by atoms with Crippen molar-refractivity contribution in [3.63, 3.8) is 0 Å². The van der Waals surface area contributed by atoms with Crippen LogP contribution in [0.15, 0.2) is 6.07 Å². The minimum Gasteiger partial charge on any atom is -0.383 e. The number of nitrogens with two attached hydrogens (primary N) is 1. The zero-order chi connectivity index (χ0) is 14.0. The van der Waals surface area contributed by atoms with Crippen molar-refractivity contribution >= 4 is 11.5 Å². The van der Waals surface area contributed by atoms with Gasteiger partial charge in [0.1, 0.15) is 5.82 Å². The summed E-state index contributed by atoms with van der Waals surface area (Å²) < 4.78 is 1.78. The molecule has 0 fully saturated rings. The third-order valence-electron chi connectivity index (χ3n) is 3.62. The zero-order valence-electron chi connectivity index (χ0n) is 12.4. The molecule has 2 N–H and O–H groups in total. The second-order valence-electron chi connectivity index (χ2n) is 5.43. The van der Waals surface area contributed by atoms with Gasteiger partial charge in [-0.3, -0.25) is 0 Å². The van der Waals surface area contributed by atoms with Crippen LogP contribution in [0.1, 0.15) is 50.6 Å². The van der Waals surface area contributed by atoms with E-state index in [4.69, 9.17) is 10.7 Å². The van der Waals surface area contributed by atoms with E-state index in [0.717, 1.165) is 35.7 Å². The fourth-order valence-corrected chi connectivity index (χ4v) is 2.68. The number of nitrogen functional groups attached to an aromatic ring is 1. The summed E-state index contributed by atoms with van der Waals surface area (Å²) in [5, 5.41) is 4.43. The molecule has 4 nitrogen and oxygen atoms in total. The molecule has 2 aromatic heterocycles. The van der Waals surface area contributed by atoms with Crippen LogP contribution in [0.5, 0.6) is 0 Å². The fraction of sp³-hybridized carbons (Fsp3) is 0.600. The summed E-state index contributed by atoms with van der Waals surface area (Å²) in [6.45, 7) is 8.61. The third-order valence-corrected chi connectivity index (χ3v) is 3.62. The summed E-state index contributed by atoms with van der Waals surface area (Å²) in [5.74, 6) is 1.39. The van der Waals surface area contributed by atoms with Gasteiger partial charge >= 0.3 is 0 Å². The SMILES string of the molecule is CCCC(C)Cc1c(CC)nc2cc(C)nn2c1N. The van der Waals surface area contributed by atoms with Crippen LogP contribution < -0.4 is 5.73 Å². The van der Waals surface area contributed by atoms with Crippen LogP contribution >= 0.6 is 0 Å². The molecule has 0 amide bonds.